The van der Waals surface area contributed by atoms with Crippen molar-refractivity contribution in [3.05, 3.63) is 35.1 Å². The molecule has 0 spiro atoms. The summed E-state index contributed by atoms with van der Waals surface area (Å²) in [5.41, 5.74) is 1.41. The molecule has 1 aromatic carbocycles. The highest BCUT2D eigenvalue weighted by molar-refractivity contribution is 5.27. The molecule has 0 aliphatic rings. The first-order valence-corrected chi connectivity index (χ1v) is 4.03. The summed E-state index contributed by atoms with van der Waals surface area (Å²) in [7, 11) is 3.13. The van der Waals surface area contributed by atoms with Gasteiger partial charge >= 0.3 is 0 Å². The highest BCUT2D eigenvalue weighted by atomic mass is 19.1. The second-order valence-corrected chi connectivity index (χ2v) is 2.74. The van der Waals surface area contributed by atoms with Crippen LogP contribution in [-0.4, -0.2) is 14.2 Å². The van der Waals surface area contributed by atoms with Crippen LogP contribution in [0.3, 0.4) is 0 Å². The largest absolute Gasteiger partial charge is 0.380 e. The minimum Gasteiger partial charge on any atom is -0.380 e. The van der Waals surface area contributed by atoms with Crippen LogP contribution >= 0.6 is 0 Å². The van der Waals surface area contributed by atoms with Crippen molar-refractivity contribution in [1.29, 1.82) is 0 Å². The Labute approximate surface area is 77.3 Å². The highest BCUT2D eigenvalue weighted by Gasteiger charge is 2.06. The normalized spacial score (nSPS) is 10.4. The molecule has 0 unspecified atom stereocenters. The topological polar surface area (TPSA) is 18.5 Å². The fourth-order valence-electron chi connectivity index (χ4n) is 1.20. The fraction of sp³-hybridized carbons (Fsp3) is 0.400. The first-order chi connectivity index (χ1) is 6.29. The van der Waals surface area contributed by atoms with Crippen LogP contribution in [0.4, 0.5) is 4.39 Å². The molecule has 0 saturated heterocycles. The van der Waals surface area contributed by atoms with Crippen LogP contribution in [-0.2, 0) is 22.7 Å². The van der Waals surface area contributed by atoms with E-state index in [0.29, 0.717) is 12.2 Å². The van der Waals surface area contributed by atoms with Gasteiger partial charge in [0.05, 0.1) is 13.2 Å². The van der Waals surface area contributed by atoms with Crippen LogP contribution in [0.5, 0.6) is 0 Å². The third-order valence-electron chi connectivity index (χ3n) is 1.80. The van der Waals surface area contributed by atoms with E-state index in [2.05, 4.69) is 0 Å². The Kier molecular flexibility index (Phi) is 3.86. The molecule has 13 heavy (non-hydrogen) atoms. The molecular formula is C10H13FO2. The van der Waals surface area contributed by atoms with E-state index in [1.54, 1.807) is 20.3 Å². The van der Waals surface area contributed by atoms with Gasteiger partial charge < -0.3 is 9.47 Å². The van der Waals surface area contributed by atoms with E-state index in [9.17, 15) is 4.39 Å². The zero-order valence-electron chi connectivity index (χ0n) is 7.84. The van der Waals surface area contributed by atoms with Gasteiger partial charge in [0.25, 0.3) is 0 Å². The lowest BCUT2D eigenvalue weighted by Crippen LogP contribution is -2.00. The summed E-state index contributed by atoms with van der Waals surface area (Å²) in [5, 5.41) is 0. The second-order valence-electron chi connectivity index (χ2n) is 2.74. The number of ether oxygens (including phenoxy) is 2. The Balaban J connectivity index is 2.95. The standard InChI is InChI=1S/C10H13FO2/c1-12-6-8-4-3-5-10(11)9(8)7-13-2/h3-5H,6-7H2,1-2H3. The first-order valence-electron chi connectivity index (χ1n) is 4.03. The summed E-state index contributed by atoms with van der Waals surface area (Å²) in [6, 6.07) is 4.93. The van der Waals surface area contributed by atoms with Crippen LogP contribution < -0.4 is 0 Å². The molecule has 0 aliphatic carbocycles. The molecule has 1 aromatic rings. The van der Waals surface area contributed by atoms with Gasteiger partial charge in [-0.05, 0) is 11.6 Å². The van der Waals surface area contributed by atoms with Crippen molar-refractivity contribution in [3.63, 3.8) is 0 Å². The molecule has 0 aromatic heterocycles. The first kappa shape index (κ1) is 10.2. The maximum atomic E-state index is 13.2. The smallest absolute Gasteiger partial charge is 0.129 e. The van der Waals surface area contributed by atoms with Crippen molar-refractivity contribution in [1.82, 2.24) is 0 Å². The number of benzene rings is 1. The van der Waals surface area contributed by atoms with E-state index >= 15 is 0 Å². The zero-order chi connectivity index (χ0) is 9.68. The fourth-order valence-corrected chi connectivity index (χ4v) is 1.20. The highest BCUT2D eigenvalue weighted by Crippen LogP contribution is 2.15. The Morgan fingerprint density at radius 1 is 1.15 bits per heavy atom. The molecule has 1 rings (SSSR count). The molecule has 0 radical (unpaired) electrons. The van der Waals surface area contributed by atoms with Crippen molar-refractivity contribution < 1.29 is 13.9 Å². The van der Waals surface area contributed by atoms with Gasteiger partial charge in [-0.1, -0.05) is 12.1 Å². The maximum absolute atomic E-state index is 13.2. The van der Waals surface area contributed by atoms with Gasteiger partial charge in [-0.15, -0.1) is 0 Å². The van der Waals surface area contributed by atoms with Crippen molar-refractivity contribution in [2.75, 3.05) is 14.2 Å². The predicted octanol–water partition coefficient (Wildman–Crippen LogP) is 2.12. The number of halogens is 1. The Bertz CT molecular complexity index is 274. The lowest BCUT2D eigenvalue weighted by molar-refractivity contribution is 0.165. The molecule has 0 heterocycles. The van der Waals surface area contributed by atoms with Gasteiger partial charge in [-0.25, -0.2) is 4.39 Å². The van der Waals surface area contributed by atoms with Crippen LogP contribution in [0.15, 0.2) is 18.2 Å². The second kappa shape index (κ2) is 4.94. The van der Waals surface area contributed by atoms with Gasteiger partial charge in [0.1, 0.15) is 5.82 Å². The number of methoxy groups -OCH3 is 2. The quantitative estimate of drug-likeness (QED) is 0.713. The van der Waals surface area contributed by atoms with Crippen molar-refractivity contribution in [2.24, 2.45) is 0 Å². The molecule has 0 atom stereocenters. The molecule has 0 bridgehead atoms. The van der Waals surface area contributed by atoms with E-state index < -0.39 is 0 Å². The third-order valence-corrected chi connectivity index (χ3v) is 1.80. The SMILES string of the molecule is COCc1cccc(F)c1COC. The summed E-state index contributed by atoms with van der Waals surface area (Å²) in [6.45, 7) is 0.696. The predicted molar refractivity (Wildman–Crippen MR) is 47.8 cm³/mol. The molecule has 0 fully saturated rings. The molecule has 0 saturated carbocycles. The average molecular weight is 184 g/mol. The lowest BCUT2D eigenvalue weighted by atomic mass is 10.1. The molecule has 2 nitrogen and oxygen atoms in total. The molecule has 3 heteroatoms. The van der Waals surface area contributed by atoms with Crippen molar-refractivity contribution >= 4 is 0 Å². The zero-order valence-corrected chi connectivity index (χ0v) is 7.84. The summed E-state index contributed by atoms with van der Waals surface area (Å²) in [6.07, 6.45) is 0. The van der Waals surface area contributed by atoms with Gasteiger partial charge in [0, 0.05) is 19.8 Å². The molecule has 72 valence electrons. The third kappa shape index (κ3) is 2.50. The molecule has 0 aliphatic heterocycles. The average Bonchev–Trinajstić information content (AvgIpc) is 2.11. The Hall–Kier alpha value is -0.930. The van der Waals surface area contributed by atoms with Crippen LogP contribution in [0, 0.1) is 5.82 Å². The van der Waals surface area contributed by atoms with Crippen LogP contribution in [0.1, 0.15) is 11.1 Å². The van der Waals surface area contributed by atoms with Gasteiger partial charge in [-0.2, -0.15) is 0 Å². The van der Waals surface area contributed by atoms with E-state index in [1.165, 1.54) is 6.07 Å². The minimum atomic E-state index is -0.239. The Morgan fingerprint density at radius 3 is 2.46 bits per heavy atom. The summed E-state index contributed by atoms with van der Waals surface area (Å²) < 4.78 is 23.1. The van der Waals surface area contributed by atoms with Gasteiger partial charge in [0.15, 0.2) is 0 Å². The van der Waals surface area contributed by atoms with Gasteiger partial charge in [0.2, 0.25) is 0 Å². The lowest BCUT2D eigenvalue weighted by Gasteiger charge is -2.08. The van der Waals surface area contributed by atoms with E-state index in [4.69, 9.17) is 9.47 Å². The minimum absolute atomic E-state index is 0.239. The molecule has 0 amide bonds. The molecular weight excluding hydrogens is 171 g/mol. The molecule has 0 N–H and O–H groups in total. The van der Waals surface area contributed by atoms with Crippen molar-refractivity contribution in [2.45, 2.75) is 13.2 Å². The van der Waals surface area contributed by atoms with Crippen LogP contribution in [0.2, 0.25) is 0 Å². The monoisotopic (exact) mass is 184 g/mol. The summed E-state index contributed by atoms with van der Waals surface area (Å²) >= 11 is 0. The Morgan fingerprint density at radius 2 is 1.85 bits per heavy atom. The number of rotatable bonds is 4. The number of hydrogen-bond donors (Lipinski definition) is 0. The van der Waals surface area contributed by atoms with Crippen molar-refractivity contribution in [3.8, 4) is 0 Å². The summed E-state index contributed by atoms with van der Waals surface area (Å²) in [4.78, 5) is 0. The number of hydrogen-bond acceptors (Lipinski definition) is 2. The van der Waals surface area contributed by atoms with E-state index in [1.807, 2.05) is 6.07 Å². The van der Waals surface area contributed by atoms with E-state index in [-0.39, 0.29) is 12.4 Å². The van der Waals surface area contributed by atoms with Crippen LogP contribution in [0.25, 0.3) is 0 Å². The maximum Gasteiger partial charge on any atom is 0.129 e. The van der Waals surface area contributed by atoms with E-state index in [0.717, 1.165) is 5.56 Å². The summed E-state index contributed by atoms with van der Waals surface area (Å²) in [5.74, 6) is -0.239. The van der Waals surface area contributed by atoms with Gasteiger partial charge in [-0.3, -0.25) is 0 Å².